The molecule has 0 fully saturated rings. The van der Waals surface area contributed by atoms with Gasteiger partial charge in [0.1, 0.15) is 41.1 Å². The number of aromatic amines is 4. The zero-order chi connectivity index (χ0) is 95.5. The fourth-order valence-corrected chi connectivity index (χ4v) is 16.7. The summed E-state index contributed by atoms with van der Waals surface area (Å²) in [5, 5.41) is 44.5. The third kappa shape index (κ3) is 18.9. The lowest BCUT2D eigenvalue weighted by Gasteiger charge is -2.30. The summed E-state index contributed by atoms with van der Waals surface area (Å²) in [6.07, 6.45) is -5.27. The standard InChI is InChI=1S/C25H20F4N6O3.C25H22FN5O4.C22H17F3N6O2.C21H17FN6O2/c1-30-22(37)20-19-12-34(8-9-35(19)24(31-20)25(27,28)29)23(38)16-10-13(6-7-17(16)26)11-18-14-4-2-3-5-15(14)21(36)33-32-18;1-2-35-25(34)21-13-27-22-14-30(9-10-31(21)22)24(33)18-11-15(7-8-19(18)26)12-20-16-5-3-4-6-17(16)23(32)29-28-20;23-22(24,25)21-29-27-18-12-30(8-9-31(18)21)20(33)14-5-3-4-13(10-14)11-17-15-6-1-2-7-16(15)19(32)28-26-17;22-17-6-5-13(10-18-14-3-1-2-4-15(14)20(29)26-25-18)9-16(17)21(30)27-7-8-28-19(11-27)23-12-24-28/h2-7,10H,8-9,11-12H2,1H3,(H,30,37)(H,33,36);3-8,11,13H,2,9-10,12,14H2,1H3,(H,29,32);1-7,10H,8-9,11-12H2,(H,28,32);1-6,9,12H,7-8,10-11H2,(H,26,29). The Morgan fingerprint density at radius 1 is 0.412 bits per heavy atom. The second-order valence-electron chi connectivity index (χ2n) is 31.8. The van der Waals surface area contributed by atoms with Crippen LogP contribution in [0.25, 0.3) is 43.1 Å². The van der Waals surface area contributed by atoms with Gasteiger partial charge in [-0.25, -0.2) is 58.0 Å². The minimum absolute atomic E-state index is 0.00851. The van der Waals surface area contributed by atoms with Crippen LogP contribution in [0.2, 0.25) is 0 Å². The summed E-state index contributed by atoms with van der Waals surface area (Å²) >= 11 is 0. The van der Waals surface area contributed by atoms with E-state index >= 15 is 0 Å². The number of hydrogen-bond acceptors (Lipinski definition) is 21. The molecule has 5 N–H and O–H groups in total. The first-order valence-electron chi connectivity index (χ1n) is 42.4. The van der Waals surface area contributed by atoms with Crippen LogP contribution in [-0.2, 0) is 95.1 Å². The van der Waals surface area contributed by atoms with Crippen LogP contribution in [0.1, 0.15) is 149 Å². The highest BCUT2D eigenvalue weighted by Crippen LogP contribution is 2.35. The topological polar surface area (TPSA) is 417 Å². The molecule has 12 heterocycles. The summed E-state index contributed by atoms with van der Waals surface area (Å²) < 4.78 is 134. The maximum Gasteiger partial charge on any atom is 0.451 e. The molecule has 0 bridgehead atoms. The Morgan fingerprint density at radius 3 is 1.25 bits per heavy atom. The van der Waals surface area contributed by atoms with Gasteiger partial charge in [-0.1, -0.05) is 103 Å². The molecule has 136 heavy (non-hydrogen) atoms. The first kappa shape index (κ1) is 91.1. The van der Waals surface area contributed by atoms with E-state index in [9.17, 15) is 87.5 Å². The molecule has 0 aliphatic carbocycles. The van der Waals surface area contributed by atoms with E-state index in [-0.39, 0.29) is 128 Å². The molecular formula is C93H76F9N23O11. The molecule has 0 saturated carbocycles. The lowest BCUT2D eigenvalue weighted by Crippen LogP contribution is -2.40. The van der Waals surface area contributed by atoms with E-state index < -0.39 is 70.8 Å². The molecule has 4 aliphatic rings. The lowest BCUT2D eigenvalue weighted by molar-refractivity contribution is -0.148. The summed E-state index contributed by atoms with van der Waals surface area (Å²) in [6, 6.07) is 48.1. The fourth-order valence-electron chi connectivity index (χ4n) is 16.7. The number of esters is 1. The second-order valence-corrected chi connectivity index (χ2v) is 31.8. The molecule has 0 spiro atoms. The summed E-state index contributed by atoms with van der Waals surface area (Å²) in [5.41, 5.74) is 3.93. The summed E-state index contributed by atoms with van der Waals surface area (Å²) in [7, 11) is 1.26. The Hall–Kier alpha value is -16.8. The van der Waals surface area contributed by atoms with Crippen molar-refractivity contribution in [3.63, 3.8) is 0 Å². The number of imidazole rings is 2. The van der Waals surface area contributed by atoms with Crippen LogP contribution in [0.5, 0.6) is 0 Å². The van der Waals surface area contributed by atoms with Gasteiger partial charge in [-0.3, -0.25) is 43.2 Å². The highest BCUT2D eigenvalue weighted by molar-refractivity contribution is 5.98. The number of carbonyl (C=O) groups is 6. The molecule has 5 amide bonds. The van der Waals surface area contributed by atoms with E-state index in [0.717, 1.165) is 37.1 Å². The van der Waals surface area contributed by atoms with Crippen molar-refractivity contribution in [2.45, 2.75) is 97.3 Å². The van der Waals surface area contributed by atoms with Gasteiger partial charge >= 0.3 is 18.3 Å². The molecular weight excluding hydrogens is 1790 g/mol. The van der Waals surface area contributed by atoms with Gasteiger partial charge in [0.25, 0.3) is 51.8 Å². The lowest BCUT2D eigenvalue weighted by atomic mass is 10.0. The summed E-state index contributed by atoms with van der Waals surface area (Å²) in [6.45, 7) is 3.27. The quantitative estimate of drug-likeness (QED) is 0.0470. The Morgan fingerprint density at radius 2 is 0.809 bits per heavy atom. The third-order valence-electron chi connectivity index (χ3n) is 23.4. The molecule has 0 radical (unpaired) electrons. The summed E-state index contributed by atoms with van der Waals surface area (Å²) in [5.74, 6) is -6.16. The maximum absolute atomic E-state index is 14.8. The molecule has 8 aromatic carbocycles. The minimum Gasteiger partial charge on any atom is -0.461 e. The van der Waals surface area contributed by atoms with Crippen LogP contribution in [0, 0.1) is 17.5 Å². The zero-order valence-corrected chi connectivity index (χ0v) is 71.9. The SMILES string of the molecule is CCOC(=O)c1cnc2n1CCN(C(=O)c1cc(Cc3n[nH]c(=O)c4ccccc34)ccc1F)C2.CNC(=O)c1nc(C(F)(F)F)n2c1CN(C(=O)c1cc(Cc3n[nH]c(=O)c4ccccc34)ccc1F)CC2.O=C(c1cc(Cc2n[nH]c(=O)c3ccccc23)ccc1F)N1CCn2ncnc2C1.O=C(c1cccc(Cc2n[nH]c(=O)c3ccccc23)c1)N1CCn2c(nnc2C(F)(F)F)C1. The van der Waals surface area contributed by atoms with E-state index in [2.05, 4.69) is 76.4 Å². The predicted octanol–water partition coefficient (Wildman–Crippen LogP) is 10.2. The van der Waals surface area contributed by atoms with Crippen LogP contribution in [-0.4, -0.2) is 184 Å². The average Bonchev–Trinajstić information content (AvgIpc) is 1.59. The molecule has 34 nitrogen and oxygen atoms in total. The van der Waals surface area contributed by atoms with Gasteiger partial charge in [0, 0.05) is 106 Å². The molecule has 20 rings (SSSR count). The molecule has 0 atom stereocenters. The number of ether oxygens (including phenoxy) is 1. The number of rotatable bonds is 15. The molecule has 43 heteroatoms. The van der Waals surface area contributed by atoms with Gasteiger partial charge < -0.3 is 43.4 Å². The van der Waals surface area contributed by atoms with Crippen molar-refractivity contribution >= 4 is 78.6 Å². The van der Waals surface area contributed by atoms with Gasteiger partial charge in [-0.05, 0) is 102 Å². The van der Waals surface area contributed by atoms with Crippen molar-refractivity contribution < 1.29 is 73.0 Å². The van der Waals surface area contributed by atoms with Crippen LogP contribution in [0.15, 0.2) is 208 Å². The number of nitrogens with one attached hydrogen (secondary N) is 5. The molecule has 0 unspecified atom stereocenters. The van der Waals surface area contributed by atoms with Crippen LogP contribution < -0.4 is 27.6 Å². The predicted molar refractivity (Wildman–Crippen MR) is 469 cm³/mol. The van der Waals surface area contributed by atoms with Crippen LogP contribution in [0.4, 0.5) is 39.5 Å². The van der Waals surface area contributed by atoms with Gasteiger partial charge in [-0.15, -0.1) is 10.2 Å². The third-order valence-corrected chi connectivity index (χ3v) is 23.4. The first-order valence-corrected chi connectivity index (χ1v) is 42.4. The second kappa shape index (κ2) is 38.2. The molecule has 4 aliphatic heterocycles. The van der Waals surface area contributed by atoms with Crippen molar-refractivity contribution in [1.82, 2.24) is 114 Å². The number of H-pyrrole nitrogens is 4. The van der Waals surface area contributed by atoms with Crippen LogP contribution in [0.3, 0.4) is 0 Å². The number of benzene rings is 8. The first-order chi connectivity index (χ1) is 65.4. The minimum atomic E-state index is -4.80. The van der Waals surface area contributed by atoms with Gasteiger partial charge in [0.2, 0.25) is 11.6 Å². The van der Waals surface area contributed by atoms with E-state index in [1.165, 1.54) is 64.6 Å². The number of carbonyl (C=O) groups excluding carboxylic acids is 6. The number of alkyl halides is 6. The number of hydrogen-bond donors (Lipinski definition) is 5. The van der Waals surface area contributed by atoms with Crippen LogP contribution >= 0.6 is 0 Å². The normalized spacial score (nSPS) is 13.4. The maximum atomic E-state index is 14.8. The zero-order valence-electron chi connectivity index (χ0n) is 71.9. The van der Waals surface area contributed by atoms with Crippen molar-refractivity contribution in [2.75, 3.05) is 39.8 Å². The monoisotopic (exact) mass is 1860 g/mol. The van der Waals surface area contributed by atoms with Crippen molar-refractivity contribution in [1.29, 1.82) is 0 Å². The van der Waals surface area contributed by atoms with Crippen molar-refractivity contribution in [2.24, 2.45) is 0 Å². The van der Waals surface area contributed by atoms with Gasteiger partial charge in [0.05, 0.1) is 112 Å². The number of aromatic nitrogens is 18. The van der Waals surface area contributed by atoms with E-state index in [1.54, 1.807) is 118 Å². The number of nitrogens with zero attached hydrogens (tertiary/aromatic N) is 18. The van der Waals surface area contributed by atoms with E-state index in [0.29, 0.717) is 135 Å². The van der Waals surface area contributed by atoms with Crippen molar-refractivity contribution in [3.05, 3.63) is 361 Å². The fraction of sp³-hybridized carbons (Fsp3) is 0.226. The Kier molecular flexibility index (Phi) is 25.6. The Labute approximate surface area is 760 Å². The molecule has 692 valence electrons. The summed E-state index contributed by atoms with van der Waals surface area (Å²) in [4.78, 5) is 143. The largest absolute Gasteiger partial charge is 0.461 e. The van der Waals surface area contributed by atoms with Crippen molar-refractivity contribution in [3.8, 4) is 0 Å². The number of halogens is 9. The van der Waals surface area contributed by atoms with Gasteiger partial charge in [-0.2, -0.15) is 51.8 Å². The Bertz CT molecular complexity index is 7690. The van der Waals surface area contributed by atoms with E-state index in [1.807, 2.05) is 42.5 Å². The highest BCUT2D eigenvalue weighted by Gasteiger charge is 2.43. The number of amides is 5. The molecule has 0 saturated heterocycles. The smallest absolute Gasteiger partial charge is 0.451 e. The van der Waals surface area contributed by atoms with E-state index in [4.69, 9.17) is 4.74 Å². The van der Waals surface area contributed by atoms with Gasteiger partial charge in [0.15, 0.2) is 11.5 Å². The Balaban J connectivity index is 0.000000126. The molecule has 16 aromatic rings. The number of fused-ring (bicyclic) bond motifs is 8. The average molecular weight is 1860 g/mol. The highest BCUT2D eigenvalue weighted by atomic mass is 19.4. The molecule has 8 aromatic heterocycles.